The minimum atomic E-state index is -0.160. The van der Waals surface area contributed by atoms with Gasteiger partial charge in [0.05, 0.1) is 5.69 Å². The largest absolute Gasteiger partial charge is 0.482 e. The molecule has 3 aromatic rings. The molecule has 0 aliphatic rings. The van der Waals surface area contributed by atoms with Crippen LogP contribution in [-0.4, -0.2) is 19.8 Å². The smallest absolute Gasteiger partial charge is 0.192 e. The monoisotopic (exact) mass is 271 g/mol. The summed E-state index contributed by atoms with van der Waals surface area (Å²) in [5, 5.41) is 11.7. The van der Waals surface area contributed by atoms with Crippen molar-refractivity contribution in [1.29, 1.82) is 0 Å². The van der Waals surface area contributed by atoms with Gasteiger partial charge in [-0.25, -0.2) is 0 Å². The van der Waals surface area contributed by atoms with E-state index in [0.29, 0.717) is 0 Å². The molecule has 0 spiro atoms. The van der Waals surface area contributed by atoms with Crippen molar-refractivity contribution in [2.45, 2.75) is 26.4 Å². The van der Waals surface area contributed by atoms with Crippen LogP contribution in [0.4, 0.5) is 5.69 Å². The Balaban J connectivity index is 1.91. The fourth-order valence-electron chi connectivity index (χ4n) is 2.15. The van der Waals surface area contributed by atoms with Gasteiger partial charge in [-0.3, -0.25) is 5.10 Å². The van der Waals surface area contributed by atoms with Crippen molar-refractivity contribution < 1.29 is 4.74 Å². The minimum absolute atomic E-state index is 0.160. The standard InChI is InChI=1S/C14H17N5O/c1-3-12(20-11-6-4-10(15)5-7-11)14-17-16-13-8-9(2)18-19(13)14/h4-8,12,16H,3,15H2,1-2H3. The third-order valence-electron chi connectivity index (χ3n) is 3.15. The van der Waals surface area contributed by atoms with Gasteiger partial charge in [0.15, 0.2) is 17.6 Å². The zero-order chi connectivity index (χ0) is 14.1. The lowest BCUT2D eigenvalue weighted by atomic mass is 10.2. The predicted octanol–water partition coefficient (Wildman–Crippen LogP) is 2.48. The van der Waals surface area contributed by atoms with Crippen molar-refractivity contribution in [3.8, 4) is 5.75 Å². The molecule has 6 heteroatoms. The summed E-state index contributed by atoms with van der Waals surface area (Å²) in [5.74, 6) is 1.54. The van der Waals surface area contributed by atoms with Gasteiger partial charge in [-0.15, -0.1) is 0 Å². The lowest BCUT2D eigenvalue weighted by molar-refractivity contribution is 0.188. The Morgan fingerprint density at radius 2 is 2.10 bits per heavy atom. The zero-order valence-electron chi connectivity index (χ0n) is 11.5. The molecule has 3 rings (SSSR count). The van der Waals surface area contributed by atoms with Crippen molar-refractivity contribution in [3.63, 3.8) is 0 Å². The van der Waals surface area contributed by atoms with Gasteiger partial charge >= 0.3 is 0 Å². The van der Waals surface area contributed by atoms with Crippen LogP contribution in [0.25, 0.3) is 5.65 Å². The summed E-state index contributed by atoms with van der Waals surface area (Å²) in [5.41, 5.74) is 8.21. The molecule has 0 saturated heterocycles. The molecular formula is C14H17N5O. The Labute approximate surface area is 116 Å². The summed E-state index contributed by atoms with van der Waals surface area (Å²) in [6, 6.07) is 9.30. The topological polar surface area (TPSA) is 81.2 Å². The Bertz CT molecular complexity index is 713. The molecule has 1 aromatic carbocycles. The molecule has 20 heavy (non-hydrogen) atoms. The Morgan fingerprint density at radius 3 is 2.80 bits per heavy atom. The van der Waals surface area contributed by atoms with Crippen molar-refractivity contribution in [1.82, 2.24) is 19.8 Å². The van der Waals surface area contributed by atoms with Crippen molar-refractivity contribution >= 4 is 11.3 Å². The van der Waals surface area contributed by atoms with E-state index < -0.39 is 0 Å². The Kier molecular flexibility index (Phi) is 3.06. The number of ether oxygens (including phenoxy) is 1. The molecule has 0 fully saturated rings. The van der Waals surface area contributed by atoms with E-state index in [0.717, 1.165) is 35.0 Å². The molecule has 0 amide bonds. The molecule has 104 valence electrons. The van der Waals surface area contributed by atoms with Gasteiger partial charge in [-0.05, 0) is 37.6 Å². The van der Waals surface area contributed by atoms with Crippen LogP contribution in [0.3, 0.4) is 0 Å². The molecule has 0 aliphatic carbocycles. The Morgan fingerprint density at radius 1 is 1.35 bits per heavy atom. The summed E-state index contributed by atoms with van der Waals surface area (Å²) in [7, 11) is 0. The molecule has 0 radical (unpaired) electrons. The van der Waals surface area contributed by atoms with Crippen LogP contribution < -0.4 is 10.5 Å². The van der Waals surface area contributed by atoms with E-state index >= 15 is 0 Å². The van der Waals surface area contributed by atoms with Crippen molar-refractivity contribution in [2.24, 2.45) is 0 Å². The maximum Gasteiger partial charge on any atom is 0.192 e. The number of nitrogens with two attached hydrogens (primary N) is 1. The van der Waals surface area contributed by atoms with Gasteiger partial charge < -0.3 is 10.5 Å². The first-order chi connectivity index (χ1) is 9.67. The number of hydrogen-bond acceptors (Lipinski definition) is 4. The number of hydrogen-bond donors (Lipinski definition) is 2. The van der Waals surface area contributed by atoms with Crippen LogP contribution in [-0.2, 0) is 0 Å². The normalized spacial score (nSPS) is 12.7. The second kappa shape index (κ2) is 4.88. The SMILES string of the molecule is CCC(Oc1ccc(N)cc1)c1n[nH]c2cc(C)nn12. The third-order valence-corrected chi connectivity index (χ3v) is 3.15. The van der Waals surface area contributed by atoms with Crippen LogP contribution in [0.2, 0.25) is 0 Å². The first kappa shape index (κ1) is 12.5. The fraction of sp³-hybridized carbons (Fsp3) is 0.286. The van der Waals surface area contributed by atoms with E-state index in [4.69, 9.17) is 10.5 Å². The number of nitrogen functional groups attached to an aromatic ring is 1. The predicted molar refractivity (Wildman–Crippen MR) is 76.6 cm³/mol. The lowest BCUT2D eigenvalue weighted by Gasteiger charge is -2.15. The van der Waals surface area contributed by atoms with Gasteiger partial charge in [0.25, 0.3) is 0 Å². The number of aryl methyl sites for hydroxylation is 1. The summed E-state index contributed by atoms with van der Waals surface area (Å²) in [6.07, 6.45) is 0.634. The fourth-order valence-corrected chi connectivity index (χ4v) is 2.15. The van der Waals surface area contributed by atoms with Crippen LogP contribution in [0.15, 0.2) is 30.3 Å². The number of nitrogens with one attached hydrogen (secondary N) is 1. The number of nitrogens with zero attached hydrogens (tertiary/aromatic N) is 3. The van der Waals surface area contributed by atoms with E-state index in [1.54, 1.807) is 4.52 Å². The van der Waals surface area contributed by atoms with Gasteiger partial charge in [0, 0.05) is 11.8 Å². The van der Waals surface area contributed by atoms with Crippen LogP contribution in [0, 0.1) is 6.92 Å². The molecule has 6 nitrogen and oxygen atoms in total. The number of aromatic amines is 1. The maximum atomic E-state index is 5.98. The average molecular weight is 271 g/mol. The third kappa shape index (κ3) is 2.20. The quantitative estimate of drug-likeness (QED) is 0.714. The number of fused-ring (bicyclic) bond motifs is 1. The second-order valence-electron chi connectivity index (χ2n) is 4.75. The first-order valence-corrected chi connectivity index (χ1v) is 6.60. The summed E-state index contributed by atoms with van der Waals surface area (Å²) >= 11 is 0. The number of rotatable bonds is 4. The lowest BCUT2D eigenvalue weighted by Crippen LogP contribution is -2.11. The van der Waals surface area contributed by atoms with E-state index in [1.165, 1.54) is 0 Å². The highest BCUT2D eigenvalue weighted by molar-refractivity contribution is 5.42. The van der Waals surface area contributed by atoms with Gasteiger partial charge in [-0.2, -0.15) is 14.7 Å². The highest BCUT2D eigenvalue weighted by Gasteiger charge is 2.19. The van der Waals surface area contributed by atoms with Crippen LogP contribution in [0.5, 0.6) is 5.75 Å². The first-order valence-electron chi connectivity index (χ1n) is 6.60. The van der Waals surface area contributed by atoms with Crippen molar-refractivity contribution in [2.75, 3.05) is 5.73 Å². The molecule has 0 bridgehead atoms. The number of anilines is 1. The Hall–Kier alpha value is -2.50. The van der Waals surface area contributed by atoms with E-state index in [2.05, 4.69) is 22.2 Å². The number of benzene rings is 1. The zero-order valence-corrected chi connectivity index (χ0v) is 11.5. The highest BCUT2D eigenvalue weighted by atomic mass is 16.5. The molecule has 1 atom stereocenters. The van der Waals surface area contributed by atoms with Crippen LogP contribution >= 0.6 is 0 Å². The molecule has 0 aliphatic heterocycles. The van der Waals surface area contributed by atoms with Gasteiger partial charge in [0.1, 0.15) is 5.75 Å². The summed E-state index contributed by atoms with van der Waals surface area (Å²) < 4.78 is 7.77. The molecule has 3 N–H and O–H groups in total. The summed E-state index contributed by atoms with van der Waals surface area (Å²) in [6.45, 7) is 4.01. The van der Waals surface area contributed by atoms with Crippen LogP contribution in [0.1, 0.15) is 31.0 Å². The highest BCUT2D eigenvalue weighted by Crippen LogP contribution is 2.24. The second-order valence-corrected chi connectivity index (χ2v) is 4.75. The van der Waals surface area contributed by atoms with E-state index in [9.17, 15) is 0 Å². The maximum absolute atomic E-state index is 5.98. The van der Waals surface area contributed by atoms with Gasteiger partial charge in [0.2, 0.25) is 0 Å². The molecule has 0 saturated carbocycles. The van der Waals surface area contributed by atoms with Gasteiger partial charge in [-0.1, -0.05) is 6.92 Å². The molecule has 2 heterocycles. The van der Waals surface area contributed by atoms with E-state index in [1.807, 2.05) is 37.3 Å². The summed E-state index contributed by atoms with van der Waals surface area (Å²) in [4.78, 5) is 0. The van der Waals surface area contributed by atoms with E-state index in [-0.39, 0.29) is 6.10 Å². The number of aromatic nitrogens is 4. The van der Waals surface area contributed by atoms with Crippen molar-refractivity contribution in [3.05, 3.63) is 41.9 Å². The molecule has 1 unspecified atom stereocenters. The number of H-pyrrole nitrogens is 1. The average Bonchev–Trinajstić information content (AvgIpc) is 2.97. The minimum Gasteiger partial charge on any atom is -0.482 e. The molecular weight excluding hydrogens is 254 g/mol. The molecule has 2 aromatic heterocycles.